The number of aromatic nitrogens is 2. The number of non-ortho nitro benzene ring substituents is 1. The van der Waals surface area contributed by atoms with Crippen molar-refractivity contribution in [1.82, 2.24) is 9.78 Å². The van der Waals surface area contributed by atoms with E-state index in [2.05, 4.69) is 10.4 Å². The van der Waals surface area contributed by atoms with Gasteiger partial charge in [0.05, 0.1) is 28.3 Å². The van der Waals surface area contributed by atoms with Gasteiger partial charge in [0.15, 0.2) is 0 Å². The monoisotopic (exact) mass is 333 g/mol. The SMILES string of the molecule is Cc1cc([N+](=O)[O-])ccc1NC(=O)CCn1nc([N+](=O)[O-])cc1C. The summed E-state index contributed by atoms with van der Waals surface area (Å²) in [6.45, 7) is 3.51. The van der Waals surface area contributed by atoms with E-state index < -0.39 is 9.85 Å². The van der Waals surface area contributed by atoms with Crippen molar-refractivity contribution >= 4 is 23.1 Å². The molecular weight excluding hydrogens is 318 g/mol. The number of aryl methyl sites for hydroxylation is 3. The predicted molar refractivity (Wildman–Crippen MR) is 84.7 cm³/mol. The highest BCUT2D eigenvalue weighted by atomic mass is 16.6. The third kappa shape index (κ3) is 3.91. The van der Waals surface area contributed by atoms with E-state index in [1.807, 2.05) is 0 Å². The molecule has 0 fully saturated rings. The van der Waals surface area contributed by atoms with Crippen LogP contribution in [0.2, 0.25) is 0 Å². The normalized spacial score (nSPS) is 10.4. The summed E-state index contributed by atoms with van der Waals surface area (Å²) in [4.78, 5) is 32.2. The summed E-state index contributed by atoms with van der Waals surface area (Å²) in [7, 11) is 0. The molecule has 0 radical (unpaired) electrons. The summed E-state index contributed by atoms with van der Waals surface area (Å²) in [6, 6.07) is 5.48. The second-order valence-corrected chi connectivity index (χ2v) is 5.18. The summed E-state index contributed by atoms with van der Waals surface area (Å²) in [5, 5.41) is 27.8. The molecule has 0 saturated carbocycles. The molecule has 1 aromatic carbocycles. The first-order valence-corrected chi connectivity index (χ1v) is 7.01. The van der Waals surface area contributed by atoms with Gasteiger partial charge in [0.25, 0.3) is 5.69 Å². The van der Waals surface area contributed by atoms with Crippen molar-refractivity contribution in [3.05, 3.63) is 55.8 Å². The highest BCUT2D eigenvalue weighted by Gasteiger charge is 2.16. The van der Waals surface area contributed by atoms with Gasteiger partial charge in [-0.1, -0.05) is 0 Å². The van der Waals surface area contributed by atoms with Crippen LogP contribution >= 0.6 is 0 Å². The number of hydrogen-bond acceptors (Lipinski definition) is 6. The molecule has 0 unspecified atom stereocenters. The summed E-state index contributed by atoms with van der Waals surface area (Å²) < 4.78 is 1.39. The van der Waals surface area contributed by atoms with Crippen molar-refractivity contribution in [2.75, 3.05) is 5.32 Å². The molecule has 1 heterocycles. The predicted octanol–water partition coefficient (Wildman–Crippen LogP) is 2.35. The maximum Gasteiger partial charge on any atom is 0.390 e. The second kappa shape index (κ2) is 6.86. The molecule has 1 amide bonds. The Morgan fingerprint density at radius 1 is 1.21 bits per heavy atom. The molecule has 2 aromatic rings. The van der Waals surface area contributed by atoms with Gasteiger partial charge >= 0.3 is 5.82 Å². The molecule has 0 bridgehead atoms. The summed E-state index contributed by atoms with van der Waals surface area (Å²) in [5.41, 5.74) is 1.59. The largest absolute Gasteiger partial charge is 0.390 e. The lowest BCUT2D eigenvalue weighted by atomic mass is 10.1. The lowest BCUT2D eigenvalue weighted by Crippen LogP contribution is -2.16. The topological polar surface area (TPSA) is 133 Å². The Balaban J connectivity index is 1.99. The molecule has 24 heavy (non-hydrogen) atoms. The Bertz CT molecular complexity index is 814. The minimum atomic E-state index is -0.593. The Kier molecular flexibility index (Phi) is 4.87. The number of anilines is 1. The van der Waals surface area contributed by atoms with E-state index in [9.17, 15) is 25.0 Å². The fourth-order valence-electron chi connectivity index (χ4n) is 2.13. The molecular formula is C14H15N5O5. The number of nitrogens with one attached hydrogen (secondary N) is 1. The van der Waals surface area contributed by atoms with E-state index in [-0.39, 0.29) is 30.4 Å². The number of carbonyl (C=O) groups excluding carboxylic acids is 1. The fourth-order valence-corrected chi connectivity index (χ4v) is 2.13. The second-order valence-electron chi connectivity index (χ2n) is 5.18. The van der Waals surface area contributed by atoms with Crippen LogP contribution in [0, 0.1) is 34.1 Å². The quantitative estimate of drug-likeness (QED) is 0.637. The minimum absolute atomic E-state index is 0.0509. The average molecular weight is 333 g/mol. The van der Waals surface area contributed by atoms with Gasteiger partial charge in [-0.2, -0.15) is 4.68 Å². The molecule has 10 heteroatoms. The minimum Gasteiger partial charge on any atom is -0.358 e. The smallest absolute Gasteiger partial charge is 0.358 e. The Morgan fingerprint density at radius 3 is 2.46 bits per heavy atom. The van der Waals surface area contributed by atoms with E-state index in [0.717, 1.165) is 0 Å². The maximum absolute atomic E-state index is 12.0. The van der Waals surface area contributed by atoms with E-state index >= 15 is 0 Å². The molecule has 0 aliphatic rings. The molecule has 2 rings (SSSR count). The number of carbonyl (C=O) groups is 1. The molecule has 126 valence electrons. The van der Waals surface area contributed by atoms with Gasteiger partial charge in [-0.25, -0.2) is 0 Å². The highest BCUT2D eigenvalue weighted by Crippen LogP contribution is 2.21. The van der Waals surface area contributed by atoms with Crippen LogP contribution in [-0.2, 0) is 11.3 Å². The van der Waals surface area contributed by atoms with Crippen molar-refractivity contribution in [2.24, 2.45) is 0 Å². The van der Waals surface area contributed by atoms with Crippen molar-refractivity contribution in [3.8, 4) is 0 Å². The van der Waals surface area contributed by atoms with Gasteiger partial charge in [-0.05, 0) is 30.4 Å². The van der Waals surface area contributed by atoms with Gasteiger partial charge in [0.1, 0.15) is 0 Å². The van der Waals surface area contributed by atoms with Crippen LogP contribution in [0.3, 0.4) is 0 Å². The summed E-state index contributed by atoms with van der Waals surface area (Å²) in [6.07, 6.45) is 0.0656. The lowest BCUT2D eigenvalue weighted by molar-refractivity contribution is -0.389. The first-order chi connectivity index (χ1) is 11.3. The molecule has 0 aliphatic carbocycles. The zero-order valence-electron chi connectivity index (χ0n) is 13.1. The van der Waals surface area contributed by atoms with E-state index in [0.29, 0.717) is 16.9 Å². The van der Waals surface area contributed by atoms with Crippen LogP contribution in [0.25, 0.3) is 0 Å². The Labute approximate surface area is 136 Å². The number of nitro groups is 2. The van der Waals surface area contributed by atoms with Gasteiger partial charge in [-0.15, -0.1) is 0 Å². The van der Waals surface area contributed by atoms with Gasteiger partial charge in [0, 0.05) is 24.2 Å². The molecule has 10 nitrogen and oxygen atoms in total. The van der Waals surface area contributed by atoms with Gasteiger partial charge < -0.3 is 15.4 Å². The van der Waals surface area contributed by atoms with Crippen molar-refractivity contribution in [2.45, 2.75) is 26.8 Å². The molecule has 1 N–H and O–H groups in total. The van der Waals surface area contributed by atoms with Gasteiger partial charge in [-0.3, -0.25) is 14.9 Å². The van der Waals surface area contributed by atoms with Crippen LogP contribution in [0.5, 0.6) is 0 Å². The van der Waals surface area contributed by atoms with E-state index in [1.54, 1.807) is 13.8 Å². The number of benzene rings is 1. The third-order valence-corrected chi connectivity index (χ3v) is 3.40. The summed E-state index contributed by atoms with van der Waals surface area (Å²) >= 11 is 0. The van der Waals surface area contributed by atoms with Crippen LogP contribution in [0.1, 0.15) is 17.7 Å². The fraction of sp³-hybridized carbons (Fsp3) is 0.286. The van der Waals surface area contributed by atoms with Crippen LogP contribution in [0.4, 0.5) is 17.2 Å². The molecule has 0 aliphatic heterocycles. The Morgan fingerprint density at radius 2 is 1.92 bits per heavy atom. The van der Waals surface area contributed by atoms with Crippen molar-refractivity contribution in [3.63, 3.8) is 0 Å². The van der Waals surface area contributed by atoms with Crippen molar-refractivity contribution in [1.29, 1.82) is 0 Å². The first-order valence-electron chi connectivity index (χ1n) is 7.01. The number of rotatable bonds is 6. The highest BCUT2D eigenvalue weighted by molar-refractivity contribution is 5.91. The lowest BCUT2D eigenvalue weighted by Gasteiger charge is -2.08. The molecule has 0 saturated heterocycles. The first kappa shape index (κ1) is 17.1. The zero-order valence-corrected chi connectivity index (χ0v) is 13.1. The number of amides is 1. The standard InChI is InChI=1S/C14H15N5O5/c1-9-7-11(18(21)22)3-4-12(9)15-14(20)5-6-17-10(2)8-13(16-17)19(23)24/h3-4,7-8H,5-6H2,1-2H3,(H,15,20). The number of nitro benzene ring substituents is 1. The third-order valence-electron chi connectivity index (χ3n) is 3.40. The molecule has 1 aromatic heterocycles. The Hall–Kier alpha value is -3.30. The average Bonchev–Trinajstić information content (AvgIpc) is 2.88. The van der Waals surface area contributed by atoms with Crippen molar-refractivity contribution < 1.29 is 14.6 Å². The van der Waals surface area contributed by atoms with Crippen LogP contribution in [-0.4, -0.2) is 25.5 Å². The zero-order chi connectivity index (χ0) is 17.9. The maximum atomic E-state index is 12.0. The molecule has 0 atom stereocenters. The van der Waals surface area contributed by atoms with E-state index in [4.69, 9.17) is 0 Å². The summed E-state index contributed by atoms with van der Waals surface area (Å²) in [5.74, 6) is -0.580. The van der Waals surface area contributed by atoms with Crippen LogP contribution < -0.4 is 5.32 Å². The van der Waals surface area contributed by atoms with E-state index in [1.165, 1.54) is 28.9 Å². The number of hydrogen-bond donors (Lipinski definition) is 1. The number of nitrogens with zero attached hydrogens (tertiary/aromatic N) is 4. The molecule has 0 spiro atoms. The van der Waals surface area contributed by atoms with Gasteiger partial charge in [0.2, 0.25) is 5.91 Å². The van der Waals surface area contributed by atoms with Crippen LogP contribution in [0.15, 0.2) is 24.3 Å².